The van der Waals surface area contributed by atoms with Crippen molar-refractivity contribution in [2.45, 2.75) is 11.8 Å². The van der Waals surface area contributed by atoms with Crippen LogP contribution in [-0.4, -0.2) is 58.4 Å². The van der Waals surface area contributed by atoms with E-state index in [1.807, 2.05) is 4.90 Å². The molecule has 0 radical (unpaired) electrons. The second-order valence-corrected chi connectivity index (χ2v) is 8.47. The Morgan fingerprint density at radius 2 is 1.72 bits per heavy atom. The maximum absolute atomic E-state index is 14.0. The van der Waals surface area contributed by atoms with Crippen LogP contribution in [0.15, 0.2) is 47.9 Å². The van der Waals surface area contributed by atoms with E-state index in [4.69, 9.17) is 0 Å². The molecule has 1 aliphatic heterocycles. The zero-order chi connectivity index (χ0) is 20.6. The number of piperazine rings is 1. The van der Waals surface area contributed by atoms with E-state index in [0.29, 0.717) is 36.6 Å². The average Bonchev–Trinajstić information content (AvgIpc) is 3.24. The molecule has 3 aromatic rings. The molecule has 1 aromatic carbocycles. The summed E-state index contributed by atoms with van der Waals surface area (Å²) in [4.78, 5) is 14.1. The minimum Gasteiger partial charge on any atom is -0.354 e. The third-order valence-corrected chi connectivity index (χ3v) is 6.57. The van der Waals surface area contributed by atoms with E-state index in [9.17, 15) is 17.2 Å². The van der Waals surface area contributed by atoms with Gasteiger partial charge in [0.15, 0.2) is 0 Å². The molecule has 152 valence electrons. The number of sulfonamides is 1. The van der Waals surface area contributed by atoms with Crippen molar-refractivity contribution in [1.82, 2.24) is 23.8 Å². The van der Waals surface area contributed by atoms with Crippen molar-refractivity contribution in [3.8, 4) is 5.82 Å². The van der Waals surface area contributed by atoms with Gasteiger partial charge in [-0.25, -0.2) is 32.2 Å². The molecule has 1 saturated heterocycles. The predicted octanol–water partition coefficient (Wildman–Crippen LogP) is 1.76. The molecule has 4 rings (SSSR count). The van der Waals surface area contributed by atoms with Gasteiger partial charge in [-0.2, -0.15) is 4.31 Å². The van der Waals surface area contributed by atoms with Gasteiger partial charge in [-0.05, 0) is 25.1 Å². The summed E-state index contributed by atoms with van der Waals surface area (Å²) in [7, 11) is -4.13. The van der Waals surface area contributed by atoms with Crippen LogP contribution in [0, 0.1) is 18.6 Å². The van der Waals surface area contributed by atoms with E-state index in [2.05, 4.69) is 15.0 Å². The third-order valence-electron chi connectivity index (χ3n) is 4.65. The van der Waals surface area contributed by atoms with Gasteiger partial charge in [0.05, 0.1) is 0 Å². The van der Waals surface area contributed by atoms with Crippen LogP contribution in [-0.2, 0) is 10.0 Å². The van der Waals surface area contributed by atoms with E-state index < -0.39 is 26.6 Å². The lowest BCUT2D eigenvalue weighted by Gasteiger charge is -2.34. The lowest BCUT2D eigenvalue weighted by atomic mass is 10.3. The van der Waals surface area contributed by atoms with E-state index >= 15 is 0 Å². The average molecular weight is 420 g/mol. The maximum Gasteiger partial charge on any atom is 0.246 e. The second-order valence-electron chi connectivity index (χ2n) is 6.57. The van der Waals surface area contributed by atoms with E-state index in [0.717, 1.165) is 16.4 Å². The Labute approximate surface area is 166 Å². The summed E-state index contributed by atoms with van der Waals surface area (Å²) in [6, 6.07) is 4.22. The van der Waals surface area contributed by atoms with Gasteiger partial charge >= 0.3 is 0 Å². The molecular weight excluding hydrogens is 402 g/mol. The lowest BCUT2D eigenvalue weighted by Crippen LogP contribution is -2.49. The molecule has 2 aromatic heterocycles. The first-order valence-corrected chi connectivity index (χ1v) is 10.3. The normalized spacial score (nSPS) is 15.6. The van der Waals surface area contributed by atoms with Crippen LogP contribution >= 0.6 is 0 Å². The van der Waals surface area contributed by atoms with Crippen LogP contribution in [0.25, 0.3) is 5.82 Å². The van der Waals surface area contributed by atoms with Gasteiger partial charge in [-0.3, -0.25) is 4.57 Å². The topological polar surface area (TPSA) is 84.2 Å². The highest BCUT2D eigenvalue weighted by Crippen LogP contribution is 2.23. The standard InChI is InChI=1S/C18H18F2N6O2S/c1-13-22-17(11-18(23-13)25-5-4-21-12-25)24-6-8-26(9-7-24)29(27,28)16-10-14(19)2-3-15(16)20/h2-5,10-12H,6-9H2,1H3. The fourth-order valence-corrected chi connectivity index (χ4v) is 4.70. The molecule has 0 N–H and O–H groups in total. The highest BCUT2D eigenvalue weighted by molar-refractivity contribution is 7.89. The van der Waals surface area contributed by atoms with Gasteiger partial charge in [-0.1, -0.05) is 0 Å². The Morgan fingerprint density at radius 3 is 2.41 bits per heavy atom. The van der Waals surface area contributed by atoms with Crippen molar-refractivity contribution in [1.29, 1.82) is 0 Å². The number of aryl methyl sites for hydroxylation is 1. The lowest BCUT2D eigenvalue weighted by molar-refractivity contribution is 0.380. The first-order chi connectivity index (χ1) is 13.8. The minimum absolute atomic E-state index is 0.127. The molecule has 8 nitrogen and oxygen atoms in total. The molecule has 0 atom stereocenters. The number of anilines is 1. The summed E-state index contributed by atoms with van der Waals surface area (Å²) in [6.07, 6.45) is 5.04. The molecule has 3 heterocycles. The summed E-state index contributed by atoms with van der Waals surface area (Å²) >= 11 is 0. The number of hydrogen-bond acceptors (Lipinski definition) is 6. The molecule has 29 heavy (non-hydrogen) atoms. The summed E-state index contributed by atoms with van der Waals surface area (Å²) in [5, 5.41) is 0. The summed E-state index contributed by atoms with van der Waals surface area (Å²) in [5.41, 5.74) is 0. The largest absolute Gasteiger partial charge is 0.354 e. The Bertz CT molecular complexity index is 1130. The Hall–Kier alpha value is -2.92. The number of rotatable bonds is 4. The van der Waals surface area contributed by atoms with Crippen LogP contribution in [0.3, 0.4) is 0 Å². The number of halogens is 2. The highest BCUT2D eigenvalue weighted by Gasteiger charge is 2.31. The Kier molecular flexibility index (Phi) is 5.01. The van der Waals surface area contributed by atoms with Gasteiger partial charge in [-0.15, -0.1) is 0 Å². The van der Waals surface area contributed by atoms with Crippen LogP contribution in [0.2, 0.25) is 0 Å². The number of hydrogen-bond donors (Lipinski definition) is 0. The van der Waals surface area contributed by atoms with E-state index in [1.54, 1.807) is 36.3 Å². The summed E-state index contributed by atoms with van der Waals surface area (Å²) < 4.78 is 55.8. The molecule has 1 fully saturated rings. The molecule has 0 bridgehead atoms. The Balaban J connectivity index is 1.53. The zero-order valence-electron chi connectivity index (χ0n) is 15.5. The fraction of sp³-hybridized carbons (Fsp3) is 0.278. The van der Waals surface area contributed by atoms with Gasteiger partial charge in [0.2, 0.25) is 10.0 Å². The third kappa shape index (κ3) is 3.83. The molecule has 0 saturated carbocycles. The van der Waals surface area contributed by atoms with E-state index in [-0.39, 0.29) is 13.1 Å². The number of aromatic nitrogens is 4. The summed E-state index contributed by atoms with van der Waals surface area (Å²) in [5.74, 6) is 0.123. The molecule has 0 amide bonds. The van der Waals surface area contributed by atoms with Crippen LogP contribution in [0.4, 0.5) is 14.6 Å². The fourth-order valence-electron chi connectivity index (χ4n) is 3.20. The molecule has 11 heteroatoms. The van der Waals surface area contributed by atoms with Crippen molar-refractivity contribution < 1.29 is 17.2 Å². The van der Waals surface area contributed by atoms with Crippen molar-refractivity contribution >= 4 is 15.8 Å². The zero-order valence-corrected chi connectivity index (χ0v) is 16.4. The minimum atomic E-state index is -4.13. The van der Waals surface area contributed by atoms with Gasteiger partial charge < -0.3 is 4.90 Å². The highest BCUT2D eigenvalue weighted by atomic mass is 32.2. The van der Waals surface area contributed by atoms with Crippen LogP contribution in [0.1, 0.15) is 5.82 Å². The number of benzene rings is 1. The van der Waals surface area contributed by atoms with Gasteiger partial charge in [0.25, 0.3) is 0 Å². The maximum atomic E-state index is 14.0. The molecule has 0 aliphatic carbocycles. The monoisotopic (exact) mass is 420 g/mol. The van der Waals surface area contributed by atoms with Crippen molar-refractivity contribution in [3.63, 3.8) is 0 Å². The van der Waals surface area contributed by atoms with Crippen molar-refractivity contribution in [2.75, 3.05) is 31.1 Å². The van der Waals surface area contributed by atoms with Gasteiger partial charge in [0.1, 0.15) is 40.3 Å². The van der Waals surface area contributed by atoms with Crippen LogP contribution < -0.4 is 4.90 Å². The Morgan fingerprint density at radius 1 is 1.00 bits per heavy atom. The number of nitrogens with zero attached hydrogens (tertiary/aromatic N) is 6. The second kappa shape index (κ2) is 7.48. The molecule has 0 spiro atoms. The van der Waals surface area contributed by atoms with Gasteiger partial charge in [0, 0.05) is 44.6 Å². The SMILES string of the molecule is Cc1nc(N2CCN(S(=O)(=O)c3cc(F)ccc3F)CC2)cc(-n2ccnc2)n1. The predicted molar refractivity (Wildman–Crippen MR) is 101 cm³/mol. The molecular formula is C18H18F2N6O2S. The molecule has 1 aliphatic rings. The molecule has 0 unspecified atom stereocenters. The van der Waals surface area contributed by atoms with Crippen LogP contribution in [0.5, 0.6) is 0 Å². The van der Waals surface area contributed by atoms with Crippen molar-refractivity contribution in [2.24, 2.45) is 0 Å². The first kappa shape index (κ1) is 19.4. The summed E-state index contributed by atoms with van der Waals surface area (Å²) in [6.45, 7) is 2.74. The smallest absolute Gasteiger partial charge is 0.246 e. The first-order valence-electron chi connectivity index (χ1n) is 8.89. The number of imidazole rings is 1. The van der Waals surface area contributed by atoms with Crippen molar-refractivity contribution in [3.05, 3.63) is 60.4 Å². The quantitative estimate of drug-likeness (QED) is 0.640. The van der Waals surface area contributed by atoms with E-state index in [1.165, 1.54) is 0 Å².